The van der Waals surface area contributed by atoms with Crippen molar-refractivity contribution in [1.82, 2.24) is 5.32 Å². The summed E-state index contributed by atoms with van der Waals surface area (Å²) in [5.74, 6) is -0.388. The molecule has 1 aromatic carbocycles. The summed E-state index contributed by atoms with van der Waals surface area (Å²) in [7, 11) is 3.03. The molecule has 0 aliphatic rings. The van der Waals surface area contributed by atoms with Crippen LogP contribution in [0.3, 0.4) is 0 Å². The molecule has 8 heteroatoms. The number of esters is 1. The largest absolute Gasteiger partial charge is 0.497 e. The van der Waals surface area contributed by atoms with E-state index < -0.39 is 24.6 Å². The van der Waals surface area contributed by atoms with Crippen molar-refractivity contribution >= 4 is 24.0 Å². The van der Waals surface area contributed by atoms with Crippen LogP contribution >= 0.6 is 0 Å². The van der Waals surface area contributed by atoms with Gasteiger partial charge >= 0.3 is 12.1 Å². The average molecular weight is 337 g/mol. The number of benzene rings is 1. The molecule has 0 radical (unpaired) electrons. The molecule has 0 saturated heterocycles. The van der Waals surface area contributed by atoms with E-state index in [1.54, 1.807) is 25.1 Å². The Morgan fingerprint density at radius 3 is 2.21 bits per heavy atom. The number of imide groups is 1. The summed E-state index contributed by atoms with van der Waals surface area (Å²) in [6.45, 7) is 1.14. The minimum Gasteiger partial charge on any atom is -0.497 e. The maximum absolute atomic E-state index is 11.6. The molecule has 1 aromatic rings. The molecular weight excluding hydrogens is 318 g/mol. The summed E-state index contributed by atoms with van der Waals surface area (Å²) >= 11 is 0. The van der Waals surface area contributed by atoms with E-state index in [-0.39, 0.29) is 6.61 Å². The lowest BCUT2D eigenvalue weighted by atomic mass is 10.2. The Hall–Kier alpha value is -3.03. The lowest BCUT2D eigenvalue weighted by molar-refractivity contribution is -0.143. The van der Waals surface area contributed by atoms with E-state index in [2.05, 4.69) is 4.74 Å². The Balaban J connectivity index is 2.54. The molecule has 0 fully saturated rings. The monoisotopic (exact) mass is 337 g/mol. The molecule has 1 N–H and O–H groups in total. The molecule has 0 heterocycles. The molecule has 0 bridgehead atoms. The summed E-state index contributed by atoms with van der Waals surface area (Å²) in [5.41, 5.74) is 0.652. The molecule has 0 unspecified atom stereocenters. The minimum absolute atomic E-state index is 0.131. The SMILES string of the molecule is CCOC(=O)NC(=O)COC(=O)/C=C/c1cc(OC)cc(OC)c1. The van der Waals surface area contributed by atoms with E-state index in [0.29, 0.717) is 17.1 Å². The first-order valence-corrected chi connectivity index (χ1v) is 7.03. The van der Waals surface area contributed by atoms with Gasteiger partial charge in [-0.15, -0.1) is 0 Å². The molecule has 1 rings (SSSR count). The molecular formula is C16H19NO7. The van der Waals surface area contributed by atoms with Crippen molar-refractivity contribution in [2.45, 2.75) is 6.92 Å². The van der Waals surface area contributed by atoms with Gasteiger partial charge in [0.2, 0.25) is 0 Å². The van der Waals surface area contributed by atoms with E-state index in [1.165, 1.54) is 20.3 Å². The lowest BCUT2D eigenvalue weighted by Crippen LogP contribution is -2.34. The van der Waals surface area contributed by atoms with Crippen LogP contribution in [-0.2, 0) is 19.1 Å². The van der Waals surface area contributed by atoms with Crippen LogP contribution in [0.5, 0.6) is 11.5 Å². The summed E-state index contributed by atoms with van der Waals surface area (Å²) < 4.78 is 19.5. The van der Waals surface area contributed by atoms with Crippen molar-refractivity contribution in [2.24, 2.45) is 0 Å². The van der Waals surface area contributed by atoms with Crippen LogP contribution in [0.15, 0.2) is 24.3 Å². The highest BCUT2D eigenvalue weighted by molar-refractivity contribution is 5.94. The van der Waals surface area contributed by atoms with Crippen LogP contribution in [0.1, 0.15) is 12.5 Å². The van der Waals surface area contributed by atoms with Crippen LogP contribution in [0.2, 0.25) is 0 Å². The number of amides is 2. The van der Waals surface area contributed by atoms with Crippen LogP contribution in [0, 0.1) is 0 Å². The smallest absolute Gasteiger partial charge is 0.413 e. The van der Waals surface area contributed by atoms with Crippen molar-refractivity contribution in [3.05, 3.63) is 29.8 Å². The third kappa shape index (κ3) is 6.82. The molecule has 0 spiro atoms. The second-order valence-corrected chi connectivity index (χ2v) is 4.36. The number of rotatable bonds is 7. The van der Waals surface area contributed by atoms with Gasteiger partial charge in [0, 0.05) is 12.1 Å². The standard InChI is InChI=1S/C16H19NO7/c1-4-23-16(20)17-14(18)10-24-15(19)6-5-11-7-12(21-2)9-13(8-11)22-3/h5-9H,4,10H2,1-3H3,(H,17,18,20)/b6-5+. The number of nitrogens with one attached hydrogen (secondary N) is 1. The second kappa shape index (κ2) is 9.88. The first-order chi connectivity index (χ1) is 11.5. The van der Waals surface area contributed by atoms with Crippen LogP contribution < -0.4 is 14.8 Å². The molecule has 8 nitrogen and oxygen atoms in total. The maximum atomic E-state index is 11.6. The third-order valence-electron chi connectivity index (χ3n) is 2.65. The molecule has 2 amide bonds. The van der Waals surface area contributed by atoms with E-state index in [9.17, 15) is 14.4 Å². The van der Waals surface area contributed by atoms with Crippen molar-refractivity contribution in [3.63, 3.8) is 0 Å². The normalized spacial score (nSPS) is 10.1. The van der Waals surface area contributed by atoms with Gasteiger partial charge < -0.3 is 18.9 Å². The molecule has 0 saturated carbocycles. The van der Waals surface area contributed by atoms with E-state index >= 15 is 0 Å². The van der Waals surface area contributed by atoms with Gasteiger partial charge in [-0.1, -0.05) is 0 Å². The van der Waals surface area contributed by atoms with Gasteiger partial charge in [0.25, 0.3) is 5.91 Å². The first kappa shape index (κ1) is 19.0. The zero-order valence-corrected chi connectivity index (χ0v) is 13.7. The quantitative estimate of drug-likeness (QED) is 0.595. The van der Waals surface area contributed by atoms with E-state index in [1.807, 2.05) is 5.32 Å². The minimum atomic E-state index is -0.891. The van der Waals surface area contributed by atoms with E-state index in [0.717, 1.165) is 6.08 Å². The van der Waals surface area contributed by atoms with Gasteiger partial charge in [0.05, 0.1) is 20.8 Å². The topological polar surface area (TPSA) is 100 Å². The maximum Gasteiger partial charge on any atom is 0.413 e. The predicted molar refractivity (Wildman–Crippen MR) is 84.7 cm³/mol. The van der Waals surface area contributed by atoms with Crippen molar-refractivity contribution in [1.29, 1.82) is 0 Å². The Morgan fingerprint density at radius 2 is 1.67 bits per heavy atom. The number of alkyl carbamates (subject to hydrolysis) is 1. The predicted octanol–water partition coefficient (Wildman–Crippen LogP) is 1.53. The summed E-state index contributed by atoms with van der Waals surface area (Å²) in [6, 6.07) is 5.08. The van der Waals surface area contributed by atoms with Crippen molar-refractivity contribution in [3.8, 4) is 11.5 Å². The van der Waals surface area contributed by atoms with Crippen LogP contribution in [0.4, 0.5) is 4.79 Å². The highest BCUT2D eigenvalue weighted by Crippen LogP contribution is 2.23. The molecule has 24 heavy (non-hydrogen) atoms. The van der Waals surface area contributed by atoms with E-state index in [4.69, 9.17) is 14.2 Å². The Morgan fingerprint density at radius 1 is 1.04 bits per heavy atom. The van der Waals surface area contributed by atoms with Gasteiger partial charge in [0.15, 0.2) is 6.61 Å². The Labute approximate surface area is 139 Å². The van der Waals surface area contributed by atoms with Gasteiger partial charge in [-0.3, -0.25) is 10.1 Å². The van der Waals surface area contributed by atoms with Gasteiger partial charge in [-0.25, -0.2) is 9.59 Å². The average Bonchev–Trinajstić information content (AvgIpc) is 2.57. The molecule has 130 valence electrons. The highest BCUT2D eigenvalue weighted by Gasteiger charge is 2.10. The number of ether oxygens (including phenoxy) is 4. The van der Waals surface area contributed by atoms with Crippen LogP contribution in [-0.4, -0.2) is 45.4 Å². The number of hydrogen-bond acceptors (Lipinski definition) is 7. The molecule has 0 atom stereocenters. The Kier molecular flexibility index (Phi) is 7.83. The third-order valence-corrected chi connectivity index (χ3v) is 2.65. The fourth-order valence-electron chi connectivity index (χ4n) is 1.59. The summed E-state index contributed by atoms with van der Waals surface area (Å²) in [6.07, 6.45) is 1.74. The lowest BCUT2D eigenvalue weighted by Gasteiger charge is -2.06. The summed E-state index contributed by atoms with van der Waals surface area (Å²) in [4.78, 5) is 33.9. The first-order valence-electron chi connectivity index (χ1n) is 7.03. The van der Waals surface area contributed by atoms with Crippen molar-refractivity contribution in [2.75, 3.05) is 27.4 Å². The fraction of sp³-hybridized carbons (Fsp3) is 0.312. The molecule has 0 aromatic heterocycles. The zero-order valence-electron chi connectivity index (χ0n) is 13.7. The number of carbonyl (C=O) groups is 3. The summed E-state index contributed by atoms with van der Waals surface area (Å²) in [5, 5.41) is 1.91. The number of carbonyl (C=O) groups excluding carboxylic acids is 3. The second-order valence-electron chi connectivity index (χ2n) is 4.36. The Bertz CT molecular complexity index is 603. The number of hydrogen-bond donors (Lipinski definition) is 1. The molecule has 0 aliphatic carbocycles. The number of methoxy groups -OCH3 is 2. The fourth-order valence-corrected chi connectivity index (χ4v) is 1.59. The zero-order chi connectivity index (χ0) is 17.9. The van der Waals surface area contributed by atoms with Gasteiger partial charge in [-0.2, -0.15) is 0 Å². The van der Waals surface area contributed by atoms with Gasteiger partial charge in [-0.05, 0) is 30.7 Å². The van der Waals surface area contributed by atoms with Crippen LogP contribution in [0.25, 0.3) is 6.08 Å². The van der Waals surface area contributed by atoms with Crippen molar-refractivity contribution < 1.29 is 33.3 Å². The van der Waals surface area contributed by atoms with Gasteiger partial charge in [0.1, 0.15) is 11.5 Å². The molecule has 0 aliphatic heterocycles. The highest BCUT2D eigenvalue weighted by atomic mass is 16.6.